The molecule has 1 aromatic rings. The van der Waals surface area contributed by atoms with Gasteiger partial charge in [-0.2, -0.15) is 0 Å². The molecule has 2 N–H and O–H groups in total. The Kier molecular flexibility index (Phi) is 5.96. The van der Waals surface area contributed by atoms with Crippen LogP contribution in [0.1, 0.15) is 25.5 Å². The molecule has 0 aliphatic carbocycles. The quantitative estimate of drug-likeness (QED) is 0.815. The molecule has 2 nitrogen and oxygen atoms in total. The summed E-state index contributed by atoms with van der Waals surface area (Å²) < 4.78 is 0. The van der Waals surface area contributed by atoms with E-state index in [1.54, 1.807) is 0 Å². The third-order valence-electron chi connectivity index (χ3n) is 3.26. The zero-order valence-electron chi connectivity index (χ0n) is 11.1. The van der Waals surface area contributed by atoms with E-state index in [1.165, 1.54) is 5.56 Å². The largest absolute Gasteiger partial charge is 0.319 e. The predicted octanol–water partition coefficient (Wildman–Crippen LogP) is 3.09. The normalized spacial score (nSPS) is 14.9. The standard InChI is InChI=1S/C14H23ClN2/c1-10(2)13(9-16-3)14(17-4)11-5-7-12(15)8-6-11/h5-8,10,13-14,16-17H,9H2,1-4H3. The Balaban J connectivity index is 2.91. The third kappa shape index (κ3) is 3.98. The molecule has 0 bridgehead atoms. The molecule has 2 unspecified atom stereocenters. The molecule has 0 saturated heterocycles. The molecule has 0 aliphatic heterocycles. The Bertz CT molecular complexity index is 321. The lowest BCUT2D eigenvalue weighted by atomic mass is 9.84. The van der Waals surface area contributed by atoms with Crippen molar-refractivity contribution in [2.75, 3.05) is 20.6 Å². The Morgan fingerprint density at radius 2 is 1.71 bits per heavy atom. The fraction of sp³-hybridized carbons (Fsp3) is 0.571. The number of hydrogen-bond acceptors (Lipinski definition) is 2. The van der Waals surface area contributed by atoms with Gasteiger partial charge in [0.1, 0.15) is 0 Å². The summed E-state index contributed by atoms with van der Waals surface area (Å²) in [5, 5.41) is 7.49. The molecular weight excluding hydrogens is 232 g/mol. The first-order chi connectivity index (χ1) is 8.10. The molecule has 0 aliphatic rings. The maximum atomic E-state index is 5.93. The monoisotopic (exact) mass is 254 g/mol. The van der Waals surface area contributed by atoms with Crippen LogP contribution in [0.15, 0.2) is 24.3 Å². The summed E-state index contributed by atoms with van der Waals surface area (Å²) >= 11 is 5.93. The lowest BCUT2D eigenvalue weighted by Crippen LogP contribution is -2.35. The van der Waals surface area contributed by atoms with E-state index in [-0.39, 0.29) is 0 Å². The van der Waals surface area contributed by atoms with Crippen LogP contribution in [0.25, 0.3) is 0 Å². The van der Waals surface area contributed by atoms with Crippen LogP contribution in [0.5, 0.6) is 0 Å². The van der Waals surface area contributed by atoms with Crippen LogP contribution in [0.4, 0.5) is 0 Å². The van der Waals surface area contributed by atoms with E-state index in [1.807, 2.05) is 26.2 Å². The smallest absolute Gasteiger partial charge is 0.0406 e. The second-order valence-corrected chi connectivity index (χ2v) is 5.22. The molecule has 0 aromatic heterocycles. The number of benzene rings is 1. The van der Waals surface area contributed by atoms with Crippen LogP contribution < -0.4 is 10.6 Å². The van der Waals surface area contributed by atoms with Gasteiger partial charge in [0.05, 0.1) is 0 Å². The summed E-state index contributed by atoms with van der Waals surface area (Å²) in [6, 6.07) is 8.48. The molecule has 0 amide bonds. The average molecular weight is 255 g/mol. The maximum Gasteiger partial charge on any atom is 0.0406 e. The van der Waals surface area contributed by atoms with Crippen molar-refractivity contribution in [3.63, 3.8) is 0 Å². The Morgan fingerprint density at radius 3 is 2.12 bits per heavy atom. The zero-order chi connectivity index (χ0) is 12.8. The predicted molar refractivity (Wildman–Crippen MR) is 75.5 cm³/mol. The molecule has 0 spiro atoms. The molecule has 0 fully saturated rings. The maximum absolute atomic E-state index is 5.93. The highest BCUT2D eigenvalue weighted by atomic mass is 35.5. The molecule has 1 rings (SSSR count). The molecular formula is C14H23ClN2. The highest BCUT2D eigenvalue weighted by Gasteiger charge is 2.23. The van der Waals surface area contributed by atoms with Crippen molar-refractivity contribution in [3.05, 3.63) is 34.9 Å². The minimum absolute atomic E-state index is 0.361. The van der Waals surface area contributed by atoms with Gasteiger partial charge >= 0.3 is 0 Å². The van der Waals surface area contributed by atoms with Crippen molar-refractivity contribution >= 4 is 11.6 Å². The highest BCUT2D eigenvalue weighted by Crippen LogP contribution is 2.28. The first kappa shape index (κ1) is 14.5. The van der Waals surface area contributed by atoms with Gasteiger partial charge in [0, 0.05) is 11.1 Å². The molecule has 3 heteroatoms. The Morgan fingerprint density at radius 1 is 1.12 bits per heavy atom. The van der Waals surface area contributed by atoms with Crippen LogP contribution >= 0.6 is 11.6 Å². The summed E-state index contributed by atoms with van der Waals surface area (Å²) in [6.45, 7) is 5.54. The van der Waals surface area contributed by atoms with E-state index in [9.17, 15) is 0 Å². The van der Waals surface area contributed by atoms with Gasteiger partial charge in [-0.05, 0) is 50.2 Å². The van der Waals surface area contributed by atoms with E-state index < -0.39 is 0 Å². The van der Waals surface area contributed by atoms with Crippen molar-refractivity contribution in [2.45, 2.75) is 19.9 Å². The van der Waals surface area contributed by atoms with Gasteiger partial charge in [-0.25, -0.2) is 0 Å². The summed E-state index contributed by atoms with van der Waals surface area (Å²) in [7, 11) is 4.02. The topological polar surface area (TPSA) is 24.1 Å². The van der Waals surface area contributed by atoms with Crippen molar-refractivity contribution in [2.24, 2.45) is 11.8 Å². The van der Waals surface area contributed by atoms with Gasteiger partial charge in [0.2, 0.25) is 0 Å². The Labute approximate surface area is 110 Å². The van der Waals surface area contributed by atoms with Gasteiger partial charge in [-0.15, -0.1) is 0 Å². The van der Waals surface area contributed by atoms with Crippen LogP contribution in [0, 0.1) is 11.8 Å². The van der Waals surface area contributed by atoms with Gasteiger partial charge < -0.3 is 10.6 Å². The number of nitrogens with one attached hydrogen (secondary N) is 2. The van der Waals surface area contributed by atoms with E-state index in [2.05, 4.69) is 36.6 Å². The fourth-order valence-corrected chi connectivity index (χ4v) is 2.40. The lowest BCUT2D eigenvalue weighted by molar-refractivity contribution is 0.284. The second-order valence-electron chi connectivity index (χ2n) is 4.78. The van der Waals surface area contributed by atoms with Gasteiger partial charge in [-0.3, -0.25) is 0 Å². The summed E-state index contributed by atoms with van der Waals surface area (Å²) in [5.74, 6) is 1.18. The molecule has 0 heterocycles. The lowest BCUT2D eigenvalue weighted by Gasteiger charge is -2.30. The minimum atomic E-state index is 0.361. The first-order valence-corrected chi connectivity index (χ1v) is 6.55. The van der Waals surface area contributed by atoms with Crippen molar-refractivity contribution in [1.82, 2.24) is 10.6 Å². The Hall–Kier alpha value is -0.570. The summed E-state index contributed by atoms with van der Waals surface area (Å²) in [4.78, 5) is 0. The van der Waals surface area contributed by atoms with Crippen LogP contribution in [0.3, 0.4) is 0 Å². The SMILES string of the molecule is CNCC(C(C)C)C(NC)c1ccc(Cl)cc1. The second kappa shape index (κ2) is 7.00. The molecule has 1 aromatic carbocycles. The number of halogens is 1. The third-order valence-corrected chi connectivity index (χ3v) is 3.52. The van der Waals surface area contributed by atoms with Crippen LogP contribution in [0.2, 0.25) is 5.02 Å². The molecule has 0 saturated carbocycles. The van der Waals surface area contributed by atoms with Gasteiger partial charge in [-0.1, -0.05) is 37.6 Å². The minimum Gasteiger partial charge on any atom is -0.319 e. The number of rotatable bonds is 6. The van der Waals surface area contributed by atoms with Crippen molar-refractivity contribution < 1.29 is 0 Å². The first-order valence-electron chi connectivity index (χ1n) is 6.17. The highest BCUT2D eigenvalue weighted by molar-refractivity contribution is 6.30. The van der Waals surface area contributed by atoms with E-state index in [0.29, 0.717) is 17.9 Å². The zero-order valence-corrected chi connectivity index (χ0v) is 11.9. The van der Waals surface area contributed by atoms with Crippen molar-refractivity contribution in [3.8, 4) is 0 Å². The van der Waals surface area contributed by atoms with E-state index in [0.717, 1.165) is 11.6 Å². The van der Waals surface area contributed by atoms with Gasteiger partial charge in [0.25, 0.3) is 0 Å². The molecule has 2 atom stereocenters. The van der Waals surface area contributed by atoms with Gasteiger partial charge in [0.15, 0.2) is 0 Å². The van der Waals surface area contributed by atoms with Crippen LogP contribution in [-0.2, 0) is 0 Å². The fourth-order valence-electron chi connectivity index (χ4n) is 2.27. The summed E-state index contributed by atoms with van der Waals surface area (Å²) in [5.41, 5.74) is 1.30. The van der Waals surface area contributed by atoms with E-state index in [4.69, 9.17) is 11.6 Å². The summed E-state index contributed by atoms with van der Waals surface area (Å²) in [6.07, 6.45) is 0. The molecule has 96 valence electrons. The number of hydrogen-bond donors (Lipinski definition) is 2. The van der Waals surface area contributed by atoms with Crippen molar-refractivity contribution in [1.29, 1.82) is 0 Å². The molecule has 0 radical (unpaired) electrons. The average Bonchev–Trinajstić information content (AvgIpc) is 2.31. The molecule has 17 heavy (non-hydrogen) atoms. The van der Waals surface area contributed by atoms with E-state index >= 15 is 0 Å². The van der Waals surface area contributed by atoms with Crippen LogP contribution in [-0.4, -0.2) is 20.6 Å².